The second-order valence-corrected chi connectivity index (χ2v) is 6.07. The third kappa shape index (κ3) is 3.14. The van der Waals surface area contributed by atoms with E-state index in [0.717, 1.165) is 22.0 Å². The molecule has 0 unspecified atom stereocenters. The first kappa shape index (κ1) is 16.1. The molecule has 0 N–H and O–H groups in total. The molecule has 0 atom stereocenters. The van der Waals surface area contributed by atoms with Crippen LogP contribution in [-0.4, -0.2) is 4.57 Å². The monoisotopic (exact) mass is 351 g/mol. The molecule has 0 spiro atoms. The normalized spacial score (nSPS) is 10.2. The van der Waals surface area contributed by atoms with E-state index in [4.69, 9.17) is 33.7 Å². The molecule has 1 aromatic heterocycles. The molecule has 116 valence electrons. The van der Waals surface area contributed by atoms with Crippen molar-refractivity contribution in [1.82, 2.24) is 4.57 Å². The Morgan fingerprint density at radius 3 is 2.50 bits per heavy atom. The van der Waals surface area contributed by atoms with Gasteiger partial charge in [0.05, 0.1) is 10.0 Å². The number of hydrogen-bond acceptors (Lipinski definition) is 2. The summed E-state index contributed by atoms with van der Waals surface area (Å²) in [7, 11) is 0. The summed E-state index contributed by atoms with van der Waals surface area (Å²) in [5, 5.41) is 20.0. The second-order valence-electron chi connectivity index (χ2n) is 5.26. The van der Waals surface area contributed by atoms with E-state index in [0.29, 0.717) is 16.6 Å². The molecule has 0 radical (unpaired) electrons. The number of nitriles is 2. The number of fused-ring (bicyclic) bond motifs is 1. The molecule has 3 nitrogen and oxygen atoms in total. The van der Waals surface area contributed by atoms with Gasteiger partial charge in [-0.25, -0.2) is 0 Å². The van der Waals surface area contributed by atoms with E-state index >= 15 is 0 Å². The van der Waals surface area contributed by atoms with Crippen molar-refractivity contribution < 1.29 is 0 Å². The molecule has 0 saturated heterocycles. The fourth-order valence-electron chi connectivity index (χ4n) is 2.60. The van der Waals surface area contributed by atoms with Gasteiger partial charge in [0, 0.05) is 29.2 Å². The molecular formula is C19H11Cl2N3. The van der Waals surface area contributed by atoms with Crippen molar-refractivity contribution in [3.8, 4) is 12.1 Å². The predicted octanol–water partition coefficient (Wildman–Crippen LogP) is 5.43. The van der Waals surface area contributed by atoms with Crippen LogP contribution in [0.4, 0.5) is 0 Å². The Hall–Kier alpha value is -2.72. The molecule has 0 fully saturated rings. The minimum Gasteiger partial charge on any atom is -0.342 e. The van der Waals surface area contributed by atoms with Gasteiger partial charge in [0.2, 0.25) is 0 Å². The molecule has 0 aliphatic rings. The van der Waals surface area contributed by atoms with Gasteiger partial charge in [-0.15, -0.1) is 0 Å². The van der Waals surface area contributed by atoms with Crippen LogP contribution in [0, 0.1) is 22.7 Å². The molecule has 3 rings (SSSR count). The van der Waals surface area contributed by atoms with Crippen molar-refractivity contribution in [2.45, 2.75) is 6.54 Å². The highest BCUT2D eigenvalue weighted by Gasteiger charge is 2.09. The fraction of sp³-hybridized carbons (Fsp3) is 0.0526. The summed E-state index contributed by atoms with van der Waals surface area (Å²) in [5.74, 6) is 0. The van der Waals surface area contributed by atoms with E-state index in [1.54, 1.807) is 12.1 Å². The lowest BCUT2D eigenvalue weighted by Crippen LogP contribution is -1.97. The van der Waals surface area contributed by atoms with Crippen molar-refractivity contribution in [3.63, 3.8) is 0 Å². The zero-order valence-electron chi connectivity index (χ0n) is 12.5. The SMILES string of the molecule is N#CC(C#N)=Cc1cn(Cc2ccc(Cl)c(Cl)c2)c2ccccc12. The minimum atomic E-state index is 0.0763. The van der Waals surface area contributed by atoms with Crippen LogP contribution in [0.2, 0.25) is 10.0 Å². The van der Waals surface area contributed by atoms with E-state index in [1.165, 1.54) is 0 Å². The van der Waals surface area contributed by atoms with Crippen LogP contribution < -0.4 is 0 Å². The molecule has 24 heavy (non-hydrogen) atoms. The Bertz CT molecular complexity index is 1020. The maximum absolute atomic E-state index is 8.98. The lowest BCUT2D eigenvalue weighted by Gasteiger charge is -2.06. The van der Waals surface area contributed by atoms with E-state index in [-0.39, 0.29) is 5.57 Å². The van der Waals surface area contributed by atoms with Gasteiger partial charge in [-0.05, 0) is 29.8 Å². The van der Waals surface area contributed by atoms with Crippen LogP contribution in [0.1, 0.15) is 11.1 Å². The summed E-state index contributed by atoms with van der Waals surface area (Å²) in [6.45, 7) is 0.611. The highest BCUT2D eigenvalue weighted by atomic mass is 35.5. The third-order valence-electron chi connectivity index (χ3n) is 3.70. The van der Waals surface area contributed by atoms with Crippen LogP contribution in [-0.2, 0) is 6.54 Å². The minimum absolute atomic E-state index is 0.0763. The molecule has 0 bridgehead atoms. The number of halogens is 2. The smallest absolute Gasteiger partial charge is 0.130 e. The van der Waals surface area contributed by atoms with E-state index in [1.807, 2.05) is 54.7 Å². The zero-order chi connectivity index (χ0) is 17.1. The van der Waals surface area contributed by atoms with Crippen molar-refractivity contribution >= 4 is 40.2 Å². The maximum Gasteiger partial charge on any atom is 0.130 e. The van der Waals surface area contributed by atoms with Crippen molar-refractivity contribution in [1.29, 1.82) is 10.5 Å². The summed E-state index contributed by atoms with van der Waals surface area (Å²) >= 11 is 12.1. The molecule has 0 amide bonds. The second kappa shape index (κ2) is 6.81. The largest absolute Gasteiger partial charge is 0.342 e. The van der Waals surface area contributed by atoms with Gasteiger partial charge in [0.1, 0.15) is 17.7 Å². The molecule has 0 saturated carbocycles. The number of nitrogens with zero attached hydrogens (tertiary/aromatic N) is 3. The van der Waals surface area contributed by atoms with Crippen molar-refractivity contribution in [2.75, 3.05) is 0 Å². The Balaban J connectivity index is 2.09. The predicted molar refractivity (Wildman–Crippen MR) is 96.7 cm³/mol. The Kier molecular flexibility index (Phi) is 4.58. The molecule has 0 aliphatic heterocycles. The van der Waals surface area contributed by atoms with Gasteiger partial charge in [-0.1, -0.05) is 47.5 Å². The van der Waals surface area contributed by atoms with Gasteiger partial charge in [-0.2, -0.15) is 10.5 Å². The number of para-hydroxylation sites is 1. The summed E-state index contributed by atoms with van der Waals surface area (Å²) < 4.78 is 2.06. The van der Waals surface area contributed by atoms with Gasteiger partial charge in [-0.3, -0.25) is 0 Å². The molecule has 5 heteroatoms. The molecule has 2 aromatic carbocycles. The average Bonchev–Trinajstić information content (AvgIpc) is 2.94. The maximum atomic E-state index is 8.98. The van der Waals surface area contributed by atoms with Crippen molar-refractivity contribution in [3.05, 3.63) is 75.4 Å². The third-order valence-corrected chi connectivity index (χ3v) is 4.44. The molecular weight excluding hydrogens is 341 g/mol. The summed E-state index contributed by atoms with van der Waals surface area (Å²) in [5.41, 5.74) is 2.95. The van der Waals surface area contributed by atoms with Crippen LogP contribution in [0.25, 0.3) is 17.0 Å². The highest BCUT2D eigenvalue weighted by molar-refractivity contribution is 6.42. The summed E-state index contributed by atoms with van der Waals surface area (Å²) in [6, 6.07) is 17.2. The van der Waals surface area contributed by atoms with E-state index < -0.39 is 0 Å². The highest BCUT2D eigenvalue weighted by Crippen LogP contribution is 2.27. The zero-order valence-corrected chi connectivity index (χ0v) is 14.0. The van der Waals surface area contributed by atoms with Crippen LogP contribution in [0.5, 0.6) is 0 Å². The molecule has 3 aromatic rings. The quantitative estimate of drug-likeness (QED) is 0.591. The summed E-state index contributed by atoms with van der Waals surface area (Å²) in [6.07, 6.45) is 3.54. The lowest BCUT2D eigenvalue weighted by molar-refractivity contribution is 0.836. The number of benzene rings is 2. The first-order chi connectivity index (χ1) is 11.6. The van der Waals surface area contributed by atoms with Crippen LogP contribution in [0.3, 0.4) is 0 Å². The van der Waals surface area contributed by atoms with Gasteiger partial charge in [0.15, 0.2) is 0 Å². The standard InChI is InChI=1S/C19H11Cl2N3/c20-17-6-5-13(8-18(17)21)11-24-12-15(7-14(9-22)10-23)16-3-1-2-4-19(16)24/h1-8,12H,11H2. The van der Waals surface area contributed by atoms with Crippen LogP contribution >= 0.6 is 23.2 Å². The van der Waals surface area contributed by atoms with E-state index in [2.05, 4.69) is 4.57 Å². The Morgan fingerprint density at radius 1 is 1.04 bits per heavy atom. The van der Waals surface area contributed by atoms with E-state index in [9.17, 15) is 0 Å². The number of hydrogen-bond donors (Lipinski definition) is 0. The number of allylic oxidation sites excluding steroid dienone is 1. The Morgan fingerprint density at radius 2 is 1.79 bits per heavy atom. The lowest BCUT2D eigenvalue weighted by atomic mass is 10.1. The Labute approximate surface area is 149 Å². The number of aromatic nitrogens is 1. The van der Waals surface area contributed by atoms with Crippen molar-refractivity contribution in [2.24, 2.45) is 0 Å². The van der Waals surface area contributed by atoms with Gasteiger partial charge < -0.3 is 4.57 Å². The average molecular weight is 352 g/mol. The van der Waals surface area contributed by atoms with Gasteiger partial charge >= 0.3 is 0 Å². The molecule has 1 heterocycles. The molecule has 0 aliphatic carbocycles. The van der Waals surface area contributed by atoms with Gasteiger partial charge in [0.25, 0.3) is 0 Å². The first-order valence-corrected chi connectivity index (χ1v) is 7.91. The fourth-order valence-corrected chi connectivity index (χ4v) is 2.92. The summed E-state index contributed by atoms with van der Waals surface area (Å²) in [4.78, 5) is 0. The van der Waals surface area contributed by atoms with Crippen LogP contribution in [0.15, 0.2) is 54.2 Å². The first-order valence-electron chi connectivity index (χ1n) is 7.16. The number of rotatable bonds is 3. The topological polar surface area (TPSA) is 52.5 Å².